The molecule has 0 radical (unpaired) electrons. The van der Waals surface area contributed by atoms with Crippen LogP contribution in [0.25, 0.3) is 0 Å². The van der Waals surface area contributed by atoms with Gasteiger partial charge in [0.2, 0.25) is 11.8 Å². The molecule has 1 aromatic heterocycles. The normalized spacial score (nSPS) is 15.1. The number of piperidine rings is 1. The van der Waals surface area contributed by atoms with E-state index in [1.54, 1.807) is 52.1 Å². The number of rotatable bonds is 4. The van der Waals surface area contributed by atoms with Crippen molar-refractivity contribution in [2.24, 2.45) is 5.73 Å². The maximum atomic E-state index is 12.6. The van der Waals surface area contributed by atoms with Crippen LogP contribution < -0.4 is 11.3 Å². The molecule has 1 aliphatic rings. The first-order chi connectivity index (χ1) is 12.1. The first kappa shape index (κ1) is 17.0. The minimum absolute atomic E-state index is 0.0114. The first-order valence-corrected chi connectivity index (χ1v) is 8.39. The van der Waals surface area contributed by atoms with E-state index in [0.29, 0.717) is 24.2 Å². The quantitative estimate of drug-likeness (QED) is 0.912. The number of hydrogen-bond acceptors (Lipinski definition) is 3. The number of hydrogen-bond donors (Lipinski definition) is 1. The number of likely N-dealkylation sites (tertiary alicyclic amines) is 1. The molecule has 6 heteroatoms. The molecule has 2 aromatic rings. The van der Waals surface area contributed by atoms with Gasteiger partial charge in [0.15, 0.2) is 0 Å². The first-order valence-electron chi connectivity index (χ1n) is 8.39. The maximum Gasteiger partial charge on any atom is 0.250 e. The van der Waals surface area contributed by atoms with Gasteiger partial charge in [0.25, 0.3) is 5.56 Å². The van der Waals surface area contributed by atoms with E-state index in [9.17, 15) is 14.4 Å². The zero-order valence-corrected chi connectivity index (χ0v) is 13.9. The number of carbonyl (C=O) groups excluding carboxylic acids is 2. The largest absolute Gasteiger partial charge is 0.366 e. The molecule has 2 N–H and O–H groups in total. The summed E-state index contributed by atoms with van der Waals surface area (Å²) >= 11 is 0. The van der Waals surface area contributed by atoms with E-state index in [0.717, 1.165) is 12.8 Å². The molecular weight excluding hydrogens is 318 g/mol. The van der Waals surface area contributed by atoms with Crippen molar-refractivity contribution in [3.63, 3.8) is 0 Å². The second-order valence-electron chi connectivity index (χ2n) is 6.26. The molecule has 0 atom stereocenters. The summed E-state index contributed by atoms with van der Waals surface area (Å²) in [6.07, 6.45) is 3.45. The van der Waals surface area contributed by atoms with Crippen LogP contribution in [0.3, 0.4) is 0 Å². The molecule has 0 spiro atoms. The average Bonchev–Trinajstić information content (AvgIpc) is 2.62. The van der Waals surface area contributed by atoms with Gasteiger partial charge in [0, 0.05) is 37.0 Å². The van der Waals surface area contributed by atoms with Crippen molar-refractivity contribution in [2.75, 3.05) is 13.1 Å². The zero-order valence-electron chi connectivity index (χ0n) is 13.9. The lowest BCUT2D eigenvalue weighted by molar-refractivity contribution is -0.131. The average molecular weight is 339 g/mol. The fourth-order valence-corrected chi connectivity index (χ4v) is 3.32. The van der Waals surface area contributed by atoms with Crippen LogP contribution in [0.4, 0.5) is 0 Å². The van der Waals surface area contributed by atoms with Gasteiger partial charge in [-0.3, -0.25) is 14.4 Å². The number of nitrogens with zero attached hydrogens (tertiary/aromatic N) is 2. The summed E-state index contributed by atoms with van der Waals surface area (Å²) in [5.74, 6) is -0.543. The SMILES string of the molecule is NC(=O)c1ccccc1CC(=O)N1CCC(n2ccccc2=O)CC1. The number of pyridine rings is 1. The Morgan fingerprint density at radius 1 is 1.04 bits per heavy atom. The smallest absolute Gasteiger partial charge is 0.250 e. The van der Waals surface area contributed by atoms with Crippen LogP contribution in [0.2, 0.25) is 0 Å². The van der Waals surface area contributed by atoms with Crippen LogP contribution >= 0.6 is 0 Å². The standard InChI is InChI=1S/C19H21N3O3/c20-19(25)16-6-2-1-5-14(16)13-18(24)21-11-8-15(9-12-21)22-10-4-3-7-17(22)23/h1-7,10,15H,8-9,11-13H2,(H2,20,25). The predicted octanol–water partition coefficient (Wildman–Crippen LogP) is 1.35. The van der Waals surface area contributed by atoms with Crippen molar-refractivity contribution in [3.05, 3.63) is 70.1 Å². The molecule has 3 rings (SSSR count). The molecule has 0 unspecified atom stereocenters. The second kappa shape index (κ2) is 7.34. The Morgan fingerprint density at radius 3 is 2.40 bits per heavy atom. The van der Waals surface area contributed by atoms with Crippen molar-refractivity contribution in [1.82, 2.24) is 9.47 Å². The Balaban J connectivity index is 1.64. The summed E-state index contributed by atoms with van der Waals surface area (Å²) in [6.45, 7) is 1.20. The Bertz CT molecular complexity index is 836. The van der Waals surface area contributed by atoms with Crippen molar-refractivity contribution in [1.29, 1.82) is 0 Å². The number of primary amides is 1. The van der Waals surface area contributed by atoms with Gasteiger partial charge >= 0.3 is 0 Å². The number of nitrogens with two attached hydrogens (primary N) is 1. The fraction of sp³-hybridized carbons (Fsp3) is 0.316. The van der Waals surface area contributed by atoms with Gasteiger partial charge in [-0.25, -0.2) is 0 Å². The third-order valence-electron chi connectivity index (χ3n) is 4.69. The van der Waals surface area contributed by atoms with Crippen LogP contribution in [-0.4, -0.2) is 34.4 Å². The molecule has 130 valence electrons. The van der Waals surface area contributed by atoms with Gasteiger partial charge in [-0.1, -0.05) is 24.3 Å². The van der Waals surface area contributed by atoms with Gasteiger partial charge in [0.05, 0.1) is 6.42 Å². The van der Waals surface area contributed by atoms with Crippen molar-refractivity contribution >= 4 is 11.8 Å². The van der Waals surface area contributed by atoms with Crippen molar-refractivity contribution in [3.8, 4) is 0 Å². The van der Waals surface area contributed by atoms with E-state index in [2.05, 4.69) is 0 Å². The number of benzene rings is 1. The molecule has 0 bridgehead atoms. The molecule has 1 saturated heterocycles. The van der Waals surface area contributed by atoms with E-state index in [-0.39, 0.29) is 23.9 Å². The lowest BCUT2D eigenvalue weighted by Crippen LogP contribution is -2.41. The van der Waals surface area contributed by atoms with Crippen LogP contribution in [-0.2, 0) is 11.2 Å². The maximum absolute atomic E-state index is 12.6. The van der Waals surface area contributed by atoms with Gasteiger partial charge in [-0.15, -0.1) is 0 Å². The minimum Gasteiger partial charge on any atom is -0.366 e. The third kappa shape index (κ3) is 3.79. The van der Waals surface area contributed by atoms with Crippen molar-refractivity contribution < 1.29 is 9.59 Å². The molecule has 6 nitrogen and oxygen atoms in total. The van der Waals surface area contributed by atoms with E-state index < -0.39 is 5.91 Å². The van der Waals surface area contributed by atoms with Crippen LogP contribution in [0.1, 0.15) is 34.8 Å². The highest BCUT2D eigenvalue weighted by atomic mass is 16.2. The minimum atomic E-state index is -0.523. The van der Waals surface area contributed by atoms with Crippen LogP contribution in [0, 0.1) is 0 Å². The molecule has 0 aliphatic carbocycles. The molecule has 1 aromatic carbocycles. The number of amides is 2. The van der Waals surface area contributed by atoms with Gasteiger partial charge < -0.3 is 15.2 Å². The summed E-state index contributed by atoms with van der Waals surface area (Å²) in [5.41, 5.74) is 6.40. The van der Waals surface area contributed by atoms with Crippen LogP contribution in [0.5, 0.6) is 0 Å². The fourth-order valence-electron chi connectivity index (χ4n) is 3.32. The predicted molar refractivity (Wildman–Crippen MR) is 94.2 cm³/mol. The van der Waals surface area contributed by atoms with Gasteiger partial charge in [0.1, 0.15) is 0 Å². The summed E-state index contributed by atoms with van der Waals surface area (Å²) in [4.78, 5) is 37.7. The van der Waals surface area contributed by atoms with Gasteiger partial charge in [-0.05, 0) is 30.5 Å². The summed E-state index contributed by atoms with van der Waals surface area (Å²) in [6, 6.07) is 12.2. The van der Waals surface area contributed by atoms with E-state index in [4.69, 9.17) is 5.73 Å². The van der Waals surface area contributed by atoms with E-state index in [1.165, 1.54) is 0 Å². The number of carbonyl (C=O) groups is 2. The Kier molecular flexibility index (Phi) is 4.97. The topological polar surface area (TPSA) is 85.4 Å². The lowest BCUT2D eigenvalue weighted by Gasteiger charge is -2.33. The summed E-state index contributed by atoms with van der Waals surface area (Å²) in [7, 11) is 0. The molecule has 1 aliphatic heterocycles. The Morgan fingerprint density at radius 2 is 1.72 bits per heavy atom. The molecule has 2 heterocycles. The van der Waals surface area contributed by atoms with Gasteiger partial charge in [-0.2, -0.15) is 0 Å². The van der Waals surface area contributed by atoms with Crippen molar-refractivity contribution in [2.45, 2.75) is 25.3 Å². The lowest BCUT2D eigenvalue weighted by atomic mass is 10.0. The Hall–Kier alpha value is -2.89. The molecular formula is C19H21N3O3. The number of aromatic nitrogens is 1. The molecule has 0 saturated carbocycles. The zero-order chi connectivity index (χ0) is 17.8. The van der Waals surface area contributed by atoms with E-state index >= 15 is 0 Å². The summed E-state index contributed by atoms with van der Waals surface area (Å²) in [5, 5.41) is 0. The third-order valence-corrected chi connectivity index (χ3v) is 4.69. The highest BCUT2D eigenvalue weighted by Gasteiger charge is 2.24. The molecule has 2 amide bonds. The van der Waals surface area contributed by atoms with E-state index in [1.807, 2.05) is 6.07 Å². The highest BCUT2D eigenvalue weighted by Crippen LogP contribution is 2.22. The molecule has 1 fully saturated rings. The highest BCUT2D eigenvalue weighted by molar-refractivity contribution is 5.95. The Labute approximate surface area is 145 Å². The monoisotopic (exact) mass is 339 g/mol. The molecule has 25 heavy (non-hydrogen) atoms. The van der Waals surface area contributed by atoms with Crippen LogP contribution in [0.15, 0.2) is 53.5 Å². The second-order valence-corrected chi connectivity index (χ2v) is 6.26. The summed E-state index contributed by atoms with van der Waals surface area (Å²) < 4.78 is 1.74.